The number of nitrogens with two attached hydrogens (primary N) is 2. The number of aliphatic hydroxyl groups is 3. The van der Waals surface area contributed by atoms with Crippen LogP contribution in [0.1, 0.15) is 68.8 Å². The number of ketones is 3. The molecule has 0 saturated carbocycles. The number of carbonyl (C=O) groups excluding carboxylic acids is 3. The van der Waals surface area contributed by atoms with Crippen LogP contribution in [0.5, 0.6) is 17.2 Å². The Hall–Kier alpha value is -3.44. The minimum absolute atomic E-state index is 0.0173. The molecule has 7 atom stereocenters. The molecule has 47 heavy (non-hydrogen) atoms. The van der Waals surface area contributed by atoms with Gasteiger partial charge in [0, 0.05) is 42.0 Å². The Bertz CT molecular complexity index is 1570. The van der Waals surface area contributed by atoms with Crippen molar-refractivity contribution in [2.45, 2.75) is 79.6 Å². The maximum absolute atomic E-state index is 13.6. The Morgan fingerprint density at radius 3 is 2.36 bits per heavy atom. The number of aliphatic hydroxyl groups excluding tert-OH is 2. The Balaban J connectivity index is 0.000000555. The standard InChI is InChI=1S/C27H29NO11.C4H9NO2Se/c1-10-22(31)13(28)6-17(38-10)39-15-8-27(36,16(30)9-29)7-12-19(15)26(35)21-20(24(12)33)23(32)11-4-3-5-14(37-2)18(11)25(21)34;1-8-2-3(5)4(6)7/h3-5,10,13,15,17,22,29,31,33,35-36H,6-9,28H2,1-2H3;3H,2,5H2,1H3,(H,6,7)/t10-,13-,15-,17-,22+,27-;3-/m00/s1. The van der Waals surface area contributed by atoms with Crippen LogP contribution in [0, 0.1) is 0 Å². The molecule has 0 radical (unpaired) electrons. The number of carboxylic acid groups (broad SMARTS) is 1. The predicted molar refractivity (Wildman–Crippen MR) is 164 cm³/mol. The first-order valence-electron chi connectivity index (χ1n) is 14.6. The first kappa shape index (κ1) is 36.4. The molecule has 0 spiro atoms. The molecule has 0 unspecified atom stereocenters. The van der Waals surface area contributed by atoms with Gasteiger partial charge in [0.15, 0.2) is 17.9 Å². The van der Waals surface area contributed by atoms with Crippen LogP contribution in [-0.2, 0) is 25.5 Å². The van der Waals surface area contributed by atoms with E-state index in [2.05, 4.69) is 0 Å². The van der Waals surface area contributed by atoms with E-state index < -0.39 is 108 Å². The second-order valence-electron chi connectivity index (χ2n) is 11.6. The van der Waals surface area contributed by atoms with Crippen molar-refractivity contribution in [3.63, 3.8) is 0 Å². The molecule has 0 bridgehead atoms. The van der Waals surface area contributed by atoms with Crippen molar-refractivity contribution in [2.75, 3.05) is 13.7 Å². The molecule has 5 rings (SSSR count). The maximum atomic E-state index is 13.6. The van der Waals surface area contributed by atoms with E-state index in [1.807, 2.05) is 5.82 Å². The van der Waals surface area contributed by atoms with Crippen molar-refractivity contribution in [3.05, 3.63) is 51.6 Å². The fraction of sp³-hybridized carbons (Fsp3) is 0.484. The molecular weight excluding hydrogens is 687 g/mol. The van der Waals surface area contributed by atoms with Crippen molar-refractivity contribution in [2.24, 2.45) is 11.5 Å². The Kier molecular flexibility index (Phi) is 11.1. The number of methoxy groups -OCH3 is 1. The monoisotopic (exact) mass is 726 g/mol. The number of phenolic OH excluding ortho intramolecular Hbond substituents is 2. The molecule has 15 nitrogen and oxygen atoms in total. The van der Waals surface area contributed by atoms with Gasteiger partial charge in [0.25, 0.3) is 0 Å². The summed E-state index contributed by atoms with van der Waals surface area (Å²) < 4.78 is 17.0. The summed E-state index contributed by atoms with van der Waals surface area (Å²) in [6, 6.07) is 3.00. The molecule has 2 aliphatic carbocycles. The third-order valence-electron chi connectivity index (χ3n) is 8.47. The van der Waals surface area contributed by atoms with Crippen molar-refractivity contribution >= 4 is 38.3 Å². The van der Waals surface area contributed by atoms with Gasteiger partial charge in [-0.25, -0.2) is 0 Å². The van der Waals surface area contributed by atoms with Gasteiger partial charge in [-0.15, -0.1) is 0 Å². The minimum atomic E-state index is -2.24. The first-order valence-corrected chi connectivity index (χ1v) is 17.5. The molecule has 1 fully saturated rings. The summed E-state index contributed by atoms with van der Waals surface area (Å²) in [5.41, 5.74) is 7.52. The molecule has 16 heteroatoms. The number of hydrogen-bond donors (Lipinski definition) is 8. The van der Waals surface area contributed by atoms with Gasteiger partial charge in [0.05, 0.1) is 42.1 Å². The summed E-state index contributed by atoms with van der Waals surface area (Å²) in [6.45, 7) is 0.560. The van der Waals surface area contributed by atoms with Gasteiger partial charge in [-0.2, -0.15) is 0 Å². The number of fused-ring (bicyclic) bond motifs is 3. The first-order chi connectivity index (χ1) is 22.1. The van der Waals surface area contributed by atoms with Gasteiger partial charge in [-0.1, -0.05) is 12.1 Å². The number of ether oxygens (including phenoxy) is 3. The van der Waals surface area contributed by atoms with E-state index in [4.69, 9.17) is 30.8 Å². The molecule has 3 aliphatic rings. The van der Waals surface area contributed by atoms with Crippen LogP contribution in [-0.4, -0.2) is 119 Å². The number of carbonyl (C=O) groups is 4. The molecule has 0 amide bonds. The molecular formula is C31H38N2O13Se. The number of phenols is 2. The molecule has 1 aliphatic heterocycles. The van der Waals surface area contributed by atoms with E-state index in [0.717, 1.165) is 0 Å². The summed E-state index contributed by atoms with van der Waals surface area (Å²) in [5, 5.41) is 62.5. The Morgan fingerprint density at radius 2 is 1.81 bits per heavy atom. The fourth-order valence-corrected chi connectivity index (χ4v) is 7.05. The summed E-state index contributed by atoms with van der Waals surface area (Å²) in [6.07, 6.45) is -5.12. The van der Waals surface area contributed by atoms with Crippen molar-refractivity contribution in [1.29, 1.82) is 0 Å². The second kappa shape index (κ2) is 14.4. The topological polar surface area (TPSA) is 269 Å². The zero-order valence-electron chi connectivity index (χ0n) is 25.8. The van der Waals surface area contributed by atoms with E-state index in [-0.39, 0.29) is 34.4 Å². The third kappa shape index (κ3) is 6.79. The molecule has 1 saturated heterocycles. The van der Waals surface area contributed by atoms with E-state index in [1.165, 1.54) is 25.3 Å². The predicted octanol–water partition coefficient (Wildman–Crippen LogP) is -0.430. The number of hydrogen-bond acceptors (Lipinski definition) is 14. The molecule has 256 valence electrons. The zero-order valence-corrected chi connectivity index (χ0v) is 27.5. The summed E-state index contributed by atoms with van der Waals surface area (Å²) in [4.78, 5) is 49.7. The normalized spacial score (nSPS) is 27.0. The van der Waals surface area contributed by atoms with Crippen LogP contribution < -0.4 is 16.2 Å². The van der Waals surface area contributed by atoms with Crippen LogP contribution in [0.15, 0.2) is 18.2 Å². The SMILES string of the molecule is COc1cccc2c1C(=O)c1c(O)c3c(c(O)c1C2=O)C[C@@](O)(C(=O)CO)C[C@@H]3O[C@H]1C[C@H](N)[C@H](O)[C@H](C)O1.C[Se]C[C@H](N)C(=O)O. The zero-order chi connectivity index (χ0) is 35.0. The van der Waals surface area contributed by atoms with E-state index in [1.54, 1.807) is 6.92 Å². The van der Waals surface area contributed by atoms with Gasteiger partial charge in [-0.3, -0.25) is 14.4 Å². The van der Waals surface area contributed by atoms with Crippen molar-refractivity contribution in [3.8, 4) is 17.2 Å². The van der Waals surface area contributed by atoms with E-state index in [0.29, 0.717) is 20.3 Å². The van der Waals surface area contributed by atoms with Crippen molar-refractivity contribution in [1.82, 2.24) is 0 Å². The van der Waals surface area contributed by atoms with Gasteiger partial charge < -0.3 is 45.5 Å². The number of rotatable bonds is 8. The summed E-state index contributed by atoms with van der Waals surface area (Å²) >= 11 is 0.373. The van der Waals surface area contributed by atoms with Crippen molar-refractivity contribution < 1.29 is 64.0 Å². The number of aliphatic carboxylic acids is 1. The summed E-state index contributed by atoms with van der Waals surface area (Å²) in [7, 11) is 1.32. The van der Waals surface area contributed by atoms with Crippen LogP contribution in [0.25, 0.3) is 0 Å². The van der Waals surface area contributed by atoms with Gasteiger partial charge in [-0.05, 0) is 13.0 Å². The van der Waals surface area contributed by atoms with Gasteiger partial charge in [0.1, 0.15) is 29.5 Å². The number of aromatic hydroxyl groups is 2. The average molecular weight is 726 g/mol. The third-order valence-corrected chi connectivity index (χ3v) is 9.92. The fourth-order valence-electron chi connectivity index (χ4n) is 6.00. The summed E-state index contributed by atoms with van der Waals surface area (Å²) in [5.74, 6) is -2.70. The molecule has 10 N–H and O–H groups in total. The number of carboxylic acids is 1. The van der Waals surface area contributed by atoms with Gasteiger partial charge in [0.2, 0.25) is 5.78 Å². The van der Waals surface area contributed by atoms with Crippen LogP contribution >= 0.6 is 0 Å². The van der Waals surface area contributed by atoms with Crippen LogP contribution in [0.3, 0.4) is 0 Å². The van der Waals surface area contributed by atoms with Crippen LogP contribution in [0.4, 0.5) is 0 Å². The molecule has 1 heterocycles. The number of benzene rings is 2. The second-order valence-corrected chi connectivity index (χ2v) is 13.5. The Morgan fingerprint density at radius 1 is 1.15 bits per heavy atom. The van der Waals surface area contributed by atoms with E-state index in [9.17, 15) is 44.7 Å². The molecule has 0 aromatic heterocycles. The van der Waals surface area contributed by atoms with E-state index >= 15 is 0 Å². The number of Topliss-reactive ketones (excluding diaryl/α,β-unsaturated/α-hetero) is 1. The van der Waals surface area contributed by atoms with Crippen LogP contribution in [0.2, 0.25) is 11.1 Å². The Labute approximate surface area is 275 Å². The average Bonchev–Trinajstić information content (AvgIpc) is 3.03. The molecule has 2 aromatic rings. The quantitative estimate of drug-likeness (QED) is 0.108. The van der Waals surface area contributed by atoms with Gasteiger partial charge >= 0.3 is 53.7 Å². The molecule has 2 aromatic carbocycles.